The van der Waals surface area contributed by atoms with Crippen LogP contribution in [0, 0.1) is 0 Å². The third-order valence-electron chi connectivity index (χ3n) is 5.43. The summed E-state index contributed by atoms with van der Waals surface area (Å²) in [6.07, 6.45) is 3.59. The number of hydrogen-bond donors (Lipinski definition) is 0. The average molecular weight is 395 g/mol. The Morgan fingerprint density at radius 2 is 1.47 bits per heavy atom. The number of benzene rings is 2. The van der Waals surface area contributed by atoms with Crippen LogP contribution in [0.15, 0.2) is 79.1 Å². The van der Waals surface area contributed by atoms with Crippen molar-refractivity contribution < 1.29 is 4.79 Å². The van der Waals surface area contributed by atoms with Crippen LogP contribution in [0.1, 0.15) is 10.5 Å². The van der Waals surface area contributed by atoms with E-state index in [2.05, 4.69) is 14.9 Å². The van der Waals surface area contributed by atoms with Gasteiger partial charge in [-0.25, -0.2) is 9.97 Å². The molecule has 2 aromatic carbocycles. The number of rotatable bonds is 3. The molecule has 0 radical (unpaired) electrons. The van der Waals surface area contributed by atoms with Crippen molar-refractivity contribution in [2.75, 3.05) is 31.1 Å². The maximum absolute atomic E-state index is 13.4. The summed E-state index contributed by atoms with van der Waals surface area (Å²) in [4.78, 5) is 31.1. The van der Waals surface area contributed by atoms with E-state index < -0.39 is 0 Å². The van der Waals surface area contributed by atoms with Crippen LogP contribution in [0.25, 0.3) is 22.3 Å². The fourth-order valence-corrected chi connectivity index (χ4v) is 3.83. The predicted octanol–water partition coefficient (Wildman–Crippen LogP) is 3.65. The zero-order valence-corrected chi connectivity index (χ0v) is 16.5. The molecule has 4 aromatic rings. The summed E-state index contributed by atoms with van der Waals surface area (Å²) in [6, 6.07) is 21.5. The molecule has 1 saturated heterocycles. The average Bonchev–Trinajstić information content (AvgIpc) is 2.84. The number of fused-ring (bicyclic) bond motifs is 1. The third kappa shape index (κ3) is 3.48. The first kappa shape index (κ1) is 18.2. The molecule has 148 valence electrons. The molecule has 0 saturated carbocycles. The number of carbonyl (C=O) groups is 1. The van der Waals surface area contributed by atoms with E-state index in [1.54, 1.807) is 12.4 Å². The molecule has 0 aliphatic carbocycles. The summed E-state index contributed by atoms with van der Waals surface area (Å²) in [6.45, 7) is 2.87. The lowest BCUT2D eigenvalue weighted by atomic mass is 10.1. The molecule has 1 amide bonds. The Labute approximate surface area is 174 Å². The fourth-order valence-electron chi connectivity index (χ4n) is 3.83. The number of pyridine rings is 1. The predicted molar refractivity (Wildman–Crippen MR) is 117 cm³/mol. The van der Waals surface area contributed by atoms with Crippen molar-refractivity contribution in [3.8, 4) is 11.4 Å². The Morgan fingerprint density at radius 3 is 2.23 bits per heavy atom. The van der Waals surface area contributed by atoms with Gasteiger partial charge in [0.15, 0.2) is 5.82 Å². The smallest absolute Gasteiger partial charge is 0.273 e. The van der Waals surface area contributed by atoms with Gasteiger partial charge in [-0.2, -0.15) is 0 Å². The lowest BCUT2D eigenvalue weighted by Gasteiger charge is -2.36. The summed E-state index contributed by atoms with van der Waals surface area (Å²) < 4.78 is 0. The number of amides is 1. The van der Waals surface area contributed by atoms with Crippen LogP contribution in [-0.4, -0.2) is 51.9 Å². The first-order valence-electron chi connectivity index (χ1n) is 10.1. The molecule has 3 heterocycles. The van der Waals surface area contributed by atoms with Gasteiger partial charge in [0, 0.05) is 55.2 Å². The number of carbonyl (C=O) groups excluding carboxylic acids is 1. The maximum atomic E-state index is 13.4. The molecule has 6 nitrogen and oxygen atoms in total. The minimum atomic E-state index is -0.0415. The minimum absolute atomic E-state index is 0.0415. The van der Waals surface area contributed by atoms with E-state index >= 15 is 0 Å². The molecule has 5 rings (SSSR count). The molecular weight excluding hydrogens is 374 g/mol. The van der Waals surface area contributed by atoms with Crippen molar-refractivity contribution in [2.24, 2.45) is 0 Å². The van der Waals surface area contributed by atoms with E-state index in [0.717, 1.165) is 35.2 Å². The van der Waals surface area contributed by atoms with Gasteiger partial charge in [-0.1, -0.05) is 48.5 Å². The summed E-state index contributed by atoms with van der Waals surface area (Å²) >= 11 is 0. The van der Waals surface area contributed by atoms with E-state index in [9.17, 15) is 4.79 Å². The number of para-hydroxylation sites is 1. The van der Waals surface area contributed by atoms with E-state index in [1.807, 2.05) is 71.6 Å². The topological polar surface area (TPSA) is 62.2 Å². The van der Waals surface area contributed by atoms with Gasteiger partial charge in [-0.15, -0.1) is 0 Å². The molecule has 0 unspecified atom stereocenters. The highest BCUT2D eigenvalue weighted by Crippen LogP contribution is 2.23. The molecule has 2 aromatic heterocycles. The first-order chi connectivity index (χ1) is 14.8. The summed E-state index contributed by atoms with van der Waals surface area (Å²) in [5.41, 5.74) is 3.29. The monoisotopic (exact) mass is 395 g/mol. The Balaban J connectivity index is 1.45. The van der Waals surface area contributed by atoms with Gasteiger partial charge >= 0.3 is 0 Å². The van der Waals surface area contributed by atoms with Crippen molar-refractivity contribution in [3.63, 3.8) is 0 Å². The second kappa shape index (κ2) is 7.91. The largest absolute Gasteiger partial charge is 0.368 e. The quantitative estimate of drug-likeness (QED) is 0.530. The summed E-state index contributed by atoms with van der Waals surface area (Å²) in [5.74, 6) is 0.535. The van der Waals surface area contributed by atoms with Crippen molar-refractivity contribution in [2.45, 2.75) is 0 Å². The highest BCUT2D eigenvalue weighted by atomic mass is 16.2. The normalized spacial score (nSPS) is 14.1. The molecule has 1 aliphatic rings. The van der Waals surface area contributed by atoms with E-state index in [-0.39, 0.29) is 5.91 Å². The Kier molecular flexibility index (Phi) is 4.81. The third-order valence-corrected chi connectivity index (χ3v) is 5.43. The fraction of sp³-hybridized carbons (Fsp3) is 0.167. The van der Waals surface area contributed by atoms with Crippen LogP contribution in [0.3, 0.4) is 0 Å². The zero-order valence-electron chi connectivity index (χ0n) is 16.5. The number of hydrogen-bond acceptors (Lipinski definition) is 5. The van der Waals surface area contributed by atoms with E-state index in [1.165, 1.54) is 0 Å². The van der Waals surface area contributed by atoms with Crippen molar-refractivity contribution in [3.05, 3.63) is 84.8 Å². The highest BCUT2D eigenvalue weighted by Gasteiger charge is 2.25. The molecule has 30 heavy (non-hydrogen) atoms. The van der Waals surface area contributed by atoms with Gasteiger partial charge in [0.05, 0.1) is 5.52 Å². The molecule has 1 aliphatic heterocycles. The number of piperazine rings is 1. The number of anilines is 1. The van der Waals surface area contributed by atoms with Gasteiger partial charge in [0.25, 0.3) is 5.91 Å². The molecule has 0 spiro atoms. The minimum Gasteiger partial charge on any atom is -0.368 e. The molecular formula is C24H21N5O. The molecule has 0 bridgehead atoms. The Hall–Kier alpha value is -3.80. The van der Waals surface area contributed by atoms with E-state index in [4.69, 9.17) is 4.98 Å². The highest BCUT2D eigenvalue weighted by molar-refractivity contribution is 6.05. The molecule has 0 atom stereocenters. The zero-order chi connectivity index (χ0) is 20.3. The van der Waals surface area contributed by atoms with Gasteiger partial charge in [-0.3, -0.25) is 9.78 Å². The summed E-state index contributed by atoms with van der Waals surface area (Å²) in [5, 5.41) is 0.791. The van der Waals surface area contributed by atoms with Crippen LogP contribution in [0.4, 0.5) is 5.69 Å². The summed E-state index contributed by atoms with van der Waals surface area (Å²) in [7, 11) is 0. The van der Waals surface area contributed by atoms with Crippen LogP contribution in [0.2, 0.25) is 0 Å². The second-order valence-electron chi connectivity index (χ2n) is 7.26. The lowest BCUT2D eigenvalue weighted by molar-refractivity contribution is 0.0743. The molecule has 1 fully saturated rings. The number of aromatic nitrogens is 3. The van der Waals surface area contributed by atoms with Gasteiger partial charge in [0.1, 0.15) is 5.69 Å². The molecule has 0 N–H and O–H groups in total. The van der Waals surface area contributed by atoms with Crippen LogP contribution >= 0.6 is 0 Å². The number of nitrogens with zero attached hydrogens (tertiary/aromatic N) is 5. The van der Waals surface area contributed by atoms with Crippen LogP contribution in [-0.2, 0) is 0 Å². The molecule has 6 heteroatoms. The SMILES string of the molecule is O=C(c1nc(-c2ccccc2)nc2ccccc12)N1CCN(c2ccncc2)CC1. The van der Waals surface area contributed by atoms with Crippen molar-refractivity contribution in [1.29, 1.82) is 0 Å². The Morgan fingerprint density at radius 1 is 0.767 bits per heavy atom. The van der Waals surface area contributed by atoms with Crippen molar-refractivity contribution >= 4 is 22.5 Å². The van der Waals surface area contributed by atoms with Crippen LogP contribution < -0.4 is 4.90 Å². The lowest BCUT2D eigenvalue weighted by Crippen LogP contribution is -2.49. The maximum Gasteiger partial charge on any atom is 0.273 e. The van der Waals surface area contributed by atoms with Gasteiger partial charge < -0.3 is 9.80 Å². The van der Waals surface area contributed by atoms with Crippen LogP contribution in [0.5, 0.6) is 0 Å². The second-order valence-corrected chi connectivity index (χ2v) is 7.26. The standard InChI is InChI=1S/C24H21N5O/c30-24(29-16-14-28(15-17-29)19-10-12-25-13-11-19)22-20-8-4-5-9-21(20)26-23(27-22)18-6-2-1-3-7-18/h1-13H,14-17H2. The van der Waals surface area contributed by atoms with Gasteiger partial charge in [-0.05, 0) is 18.2 Å². The Bertz CT molecular complexity index is 1170. The first-order valence-corrected chi connectivity index (χ1v) is 10.1. The van der Waals surface area contributed by atoms with Crippen molar-refractivity contribution in [1.82, 2.24) is 19.9 Å². The van der Waals surface area contributed by atoms with Gasteiger partial charge in [0.2, 0.25) is 0 Å². The van der Waals surface area contributed by atoms with E-state index in [0.29, 0.717) is 24.6 Å².